The highest BCUT2D eigenvalue weighted by atomic mass is 32.1. The Hall–Kier alpha value is -4.54. The van der Waals surface area contributed by atoms with Gasteiger partial charge in [0.25, 0.3) is 11.8 Å². The summed E-state index contributed by atoms with van der Waals surface area (Å²) in [5.74, 6) is 0.787. The molecule has 0 unspecified atom stereocenters. The van der Waals surface area contributed by atoms with E-state index in [1.54, 1.807) is 0 Å². The van der Waals surface area contributed by atoms with Crippen LogP contribution in [0.5, 0.6) is 0 Å². The van der Waals surface area contributed by atoms with Crippen LogP contribution in [0.25, 0.3) is 5.70 Å². The summed E-state index contributed by atoms with van der Waals surface area (Å²) in [6.45, 7) is 6.32. The first-order valence-electron chi connectivity index (χ1n) is 14.5. The Morgan fingerprint density at radius 2 is 1.81 bits per heavy atom. The number of anilines is 2. The Kier molecular flexibility index (Phi) is 7.38. The summed E-state index contributed by atoms with van der Waals surface area (Å²) in [6, 6.07) is 17.5. The minimum absolute atomic E-state index is 0.0188. The van der Waals surface area contributed by atoms with E-state index in [0.29, 0.717) is 51.5 Å². The number of benzene rings is 2. The van der Waals surface area contributed by atoms with Crippen molar-refractivity contribution >= 4 is 52.3 Å². The van der Waals surface area contributed by atoms with Gasteiger partial charge in [0.05, 0.1) is 42.6 Å². The van der Waals surface area contributed by atoms with Crippen molar-refractivity contribution in [1.29, 1.82) is 0 Å². The maximum Gasteiger partial charge on any atom is 0.268 e. The van der Waals surface area contributed by atoms with Crippen molar-refractivity contribution < 1.29 is 14.3 Å². The Morgan fingerprint density at radius 1 is 0.977 bits per heavy atom. The van der Waals surface area contributed by atoms with E-state index in [2.05, 4.69) is 34.4 Å². The minimum Gasteiger partial charge on any atom is -0.378 e. The highest BCUT2D eigenvalue weighted by Gasteiger charge is 2.31. The normalized spacial score (nSPS) is 18.1. The molecule has 0 spiro atoms. The van der Waals surface area contributed by atoms with Gasteiger partial charge < -0.3 is 24.8 Å². The highest BCUT2D eigenvalue weighted by Crippen LogP contribution is 2.38. The molecule has 4 aliphatic heterocycles. The number of aliphatic imine (C=N–C) groups is 2. The molecule has 0 bridgehead atoms. The zero-order valence-corrected chi connectivity index (χ0v) is 24.8. The number of nitrogens with zero attached hydrogens (tertiary/aromatic N) is 5. The lowest BCUT2D eigenvalue weighted by Gasteiger charge is -2.30. The average Bonchev–Trinajstić information content (AvgIpc) is 3.70. The van der Waals surface area contributed by atoms with Crippen LogP contribution >= 0.6 is 11.3 Å². The number of thiophene rings is 1. The Labute approximate surface area is 254 Å². The smallest absolute Gasteiger partial charge is 0.268 e. The van der Waals surface area contributed by atoms with Crippen molar-refractivity contribution in [2.45, 2.75) is 13.3 Å². The minimum atomic E-state index is 0.0188. The van der Waals surface area contributed by atoms with Gasteiger partial charge in [0.1, 0.15) is 0 Å². The molecule has 1 saturated heterocycles. The van der Waals surface area contributed by atoms with Crippen LogP contribution in [-0.2, 0) is 11.2 Å². The van der Waals surface area contributed by atoms with E-state index in [1.165, 1.54) is 11.3 Å². The molecule has 3 aromatic rings. The number of hydrogen-bond donors (Lipinski definition) is 1. The van der Waals surface area contributed by atoms with Crippen LogP contribution in [0.15, 0.2) is 87.4 Å². The topological polar surface area (TPSA) is 89.8 Å². The number of amidine groups is 1. The van der Waals surface area contributed by atoms with E-state index in [9.17, 15) is 9.59 Å². The van der Waals surface area contributed by atoms with Gasteiger partial charge >= 0.3 is 0 Å². The fourth-order valence-corrected chi connectivity index (χ4v) is 6.65. The number of hydrogen-bond acceptors (Lipinski definition) is 8. The molecule has 2 aromatic carbocycles. The summed E-state index contributed by atoms with van der Waals surface area (Å²) in [6.07, 6.45) is 4.79. The van der Waals surface area contributed by atoms with E-state index in [-0.39, 0.29) is 11.8 Å². The molecule has 7 rings (SSSR count). The van der Waals surface area contributed by atoms with Gasteiger partial charge in [0.2, 0.25) is 0 Å². The highest BCUT2D eigenvalue weighted by molar-refractivity contribution is 7.12. The molecule has 5 heterocycles. The van der Waals surface area contributed by atoms with Crippen molar-refractivity contribution in [1.82, 2.24) is 9.80 Å². The van der Waals surface area contributed by atoms with Gasteiger partial charge in [-0.25, -0.2) is 4.99 Å². The average molecular weight is 593 g/mol. The zero-order chi connectivity index (χ0) is 29.3. The lowest BCUT2D eigenvalue weighted by atomic mass is 10.0. The molecule has 1 N–H and O–H groups in total. The third-order valence-corrected chi connectivity index (χ3v) is 8.99. The van der Waals surface area contributed by atoms with Gasteiger partial charge in [-0.3, -0.25) is 14.6 Å². The number of fused-ring (bicyclic) bond motifs is 2. The molecule has 2 amide bonds. The van der Waals surface area contributed by atoms with E-state index in [0.717, 1.165) is 56.6 Å². The molecule has 43 heavy (non-hydrogen) atoms. The summed E-state index contributed by atoms with van der Waals surface area (Å²) >= 11 is 1.47. The van der Waals surface area contributed by atoms with Crippen molar-refractivity contribution in [3.05, 3.63) is 99.0 Å². The zero-order valence-electron chi connectivity index (χ0n) is 24.0. The second-order valence-corrected chi connectivity index (χ2v) is 11.8. The standard InChI is InChI=1S/C33H32N6O3S/c1-22-20-34-12-14-38-21-27(25-4-2-5-28-26(25)11-13-39(28)33(41)29-6-3-19-43-29)36-31(30(22)38)35-24-9-7-23(8-10-24)32(40)37-15-17-42-18-16-37/h2-10,12,19,21H,11,13-18,20H2,1H3,(H,35,36). The number of carbonyl (C=O) groups is 2. The molecular formula is C33H32N6O3S. The van der Waals surface area contributed by atoms with Crippen LogP contribution in [0.4, 0.5) is 11.4 Å². The molecule has 1 aromatic heterocycles. The molecule has 0 radical (unpaired) electrons. The summed E-state index contributed by atoms with van der Waals surface area (Å²) in [4.78, 5) is 42.6. The molecule has 10 heteroatoms. The quantitative estimate of drug-likeness (QED) is 0.465. The molecule has 4 aliphatic rings. The first-order chi connectivity index (χ1) is 21.1. The van der Waals surface area contributed by atoms with Crippen molar-refractivity contribution in [2.24, 2.45) is 9.98 Å². The van der Waals surface area contributed by atoms with Crippen molar-refractivity contribution in [3.8, 4) is 0 Å². The second-order valence-electron chi connectivity index (χ2n) is 10.9. The maximum absolute atomic E-state index is 13.3. The van der Waals surface area contributed by atoms with Crippen molar-refractivity contribution in [3.63, 3.8) is 0 Å². The number of ether oxygens (including phenoxy) is 1. The number of morpholine rings is 1. The lowest BCUT2D eigenvalue weighted by Crippen LogP contribution is -2.40. The largest absolute Gasteiger partial charge is 0.378 e. The number of nitrogens with one attached hydrogen (secondary N) is 1. The van der Waals surface area contributed by atoms with Gasteiger partial charge in [0.15, 0.2) is 5.84 Å². The molecule has 1 fully saturated rings. The fraction of sp³-hybridized carbons (Fsp3) is 0.273. The molecular weight excluding hydrogens is 560 g/mol. The van der Waals surface area contributed by atoms with Crippen LogP contribution < -0.4 is 10.2 Å². The van der Waals surface area contributed by atoms with Gasteiger partial charge in [-0.05, 0) is 66.3 Å². The predicted octanol–water partition coefficient (Wildman–Crippen LogP) is 4.91. The van der Waals surface area contributed by atoms with E-state index in [1.807, 2.05) is 69.9 Å². The Bertz CT molecular complexity index is 1680. The van der Waals surface area contributed by atoms with Gasteiger partial charge in [0, 0.05) is 54.6 Å². The fourth-order valence-electron chi connectivity index (χ4n) is 5.98. The molecule has 0 saturated carbocycles. The number of amides is 2. The van der Waals surface area contributed by atoms with Gasteiger partial charge in [-0.1, -0.05) is 18.2 Å². The summed E-state index contributed by atoms with van der Waals surface area (Å²) in [5, 5.41) is 5.48. The molecule has 0 atom stereocenters. The SMILES string of the molecule is CC1=C2C(Nc3ccc(C(=O)N4CCOCC4)cc3)=NC(c3cccc4c3CCN4C(=O)c3cccs3)=CN2CC=NC1. The maximum atomic E-state index is 13.3. The van der Waals surface area contributed by atoms with Crippen LogP contribution in [-0.4, -0.2) is 79.6 Å². The molecule has 0 aliphatic carbocycles. The van der Waals surface area contributed by atoms with Gasteiger partial charge in [-0.2, -0.15) is 0 Å². The second kappa shape index (κ2) is 11.6. The Morgan fingerprint density at radius 3 is 2.60 bits per heavy atom. The van der Waals surface area contributed by atoms with Crippen molar-refractivity contribution in [2.75, 3.05) is 56.2 Å². The first-order valence-corrected chi connectivity index (χ1v) is 15.4. The lowest BCUT2D eigenvalue weighted by molar-refractivity contribution is 0.0303. The Balaban J connectivity index is 1.20. The summed E-state index contributed by atoms with van der Waals surface area (Å²) in [7, 11) is 0. The monoisotopic (exact) mass is 592 g/mol. The first kappa shape index (κ1) is 27.3. The molecule has 9 nitrogen and oxygen atoms in total. The third-order valence-electron chi connectivity index (χ3n) is 8.14. The van der Waals surface area contributed by atoms with Crippen LogP contribution in [0.2, 0.25) is 0 Å². The van der Waals surface area contributed by atoms with E-state index in [4.69, 9.17) is 9.73 Å². The number of carbonyl (C=O) groups excluding carboxylic acids is 2. The van der Waals surface area contributed by atoms with Crippen LogP contribution in [0, 0.1) is 0 Å². The number of rotatable bonds is 4. The van der Waals surface area contributed by atoms with Gasteiger partial charge in [-0.15, -0.1) is 11.3 Å². The van der Waals surface area contributed by atoms with Crippen LogP contribution in [0.1, 0.15) is 38.1 Å². The predicted molar refractivity (Wildman–Crippen MR) is 171 cm³/mol. The van der Waals surface area contributed by atoms with E-state index < -0.39 is 0 Å². The third kappa shape index (κ3) is 5.28. The summed E-state index contributed by atoms with van der Waals surface area (Å²) in [5.41, 5.74) is 7.52. The van der Waals surface area contributed by atoms with E-state index >= 15 is 0 Å². The van der Waals surface area contributed by atoms with Crippen LogP contribution in [0.3, 0.4) is 0 Å². The summed E-state index contributed by atoms with van der Waals surface area (Å²) < 4.78 is 5.39. The molecule has 218 valence electrons.